The zero-order valence-electron chi connectivity index (χ0n) is 14.1. The lowest BCUT2D eigenvalue weighted by Gasteiger charge is -2.36. The fourth-order valence-electron chi connectivity index (χ4n) is 3.22. The minimum absolute atomic E-state index is 0.685. The van der Waals surface area contributed by atoms with Crippen molar-refractivity contribution >= 4 is 11.3 Å². The molecule has 124 valence electrons. The number of rotatable bonds is 6. The number of nitrogens with zero attached hydrogens (tertiary/aromatic N) is 4. The van der Waals surface area contributed by atoms with Gasteiger partial charge >= 0.3 is 0 Å². The molecule has 1 aliphatic heterocycles. The van der Waals surface area contributed by atoms with Gasteiger partial charge in [0.2, 0.25) is 0 Å². The van der Waals surface area contributed by atoms with Crippen LogP contribution >= 0.6 is 11.3 Å². The van der Waals surface area contributed by atoms with Crippen LogP contribution in [0.15, 0.2) is 29.8 Å². The minimum atomic E-state index is 0.685. The molecule has 3 rings (SSSR count). The van der Waals surface area contributed by atoms with Crippen LogP contribution in [0.3, 0.4) is 0 Å². The SMILES string of the molecule is Cc1csc(CN(C)C2CCN(CCc3ccccn3)CC2)n1. The van der Waals surface area contributed by atoms with Crippen molar-refractivity contribution in [3.8, 4) is 0 Å². The second-order valence-electron chi connectivity index (χ2n) is 6.44. The molecule has 0 aliphatic carbocycles. The number of likely N-dealkylation sites (tertiary alicyclic amines) is 1. The summed E-state index contributed by atoms with van der Waals surface area (Å²) in [7, 11) is 2.24. The van der Waals surface area contributed by atoms with Crippen LogP contribution in [-0.2, 0) is 13.0 Å². The van der Waals surface area contributed by atoms with E-state index in [1.807, 2.05) is 12.3 Å². The molecule has 1 fully saturated rings. The molecule has 0 unspecified atom stereocenters. The van der Waals surface area contributed by atoms with Crippen LogP contribution in [0.1, 0.15) is 29.2 Å². The molecule has 1 saturated heterocycles. The van der Waals surface area contributed by atoms with E-state index in [0.717, 1.165) is 25.2 Å². The average molecular weight is 331 g/mol. The molecule has 0 atom stereocenters. The molecule has 23 heavy (non-hydrogen) atoms. The fraction of sp³-hybridized carbons (Fsp3) is 0.556. The predicted molar refractivity (Wildman–Crippen MR) is 95.7 cm³/mol. The van der Waals surface area contributed by atoms with E-state index in [4.69, 9.17) is 0 Å². The normalized spacial score (nSPS) is 17.0. The summed E-state index contributed by atoms with van der Waals surface area (Å²) in [5.74, 6) is 0. The van der Waals surface area contributed by atoms with Crippen LogP contribution in [0.4, 0.5) is 0 Å². The number of pyridine rings is 1. The Morgan fingerprint density at radius 2 is 2.13 bits per heavy atom. The Labute approximate surface area is 143 Å². The summed E-state index contributed by atoms with van der Waals surface area (Å²) in [6, 6.07) is 6.86. The Morgan fingerprint density at radius 1 is 1.30 bits per heavy atom. The van der Waals surface area contributed by atoms with E-state index < -0.39 is 0 Å². The highest BCUT2D eigenvalue weighted by molar-refractivity contribution is 7.09. The topological polar surface area (TPSA) is 32.3 Å². The summed E-state index contributed by atoms with van der Waals surface area (Å²) >= 11 is 1.78. The monoisotopic (exact) mass is 330 g/mol. The molecular formula is C18H26N4S. The number of piperidine rings is 1. The Kier molecular flexibility index (Phi) is 5.75. The van der Waals surface area contributed by atoms with E-state index in [-0.39, 0.29) is 0 Å². The van der Waals surface area contributed by atoms with Gasteiger partial charge in [-0.05, 0) is 52.0 Å². The first-order chi connectivity index (χ1) is 11.2. The lowest BCUT2D eigenvalue weighted by Crippen LogP contribution is -2.43. The number of hydrogen-bond acceptors (Lipinski definition) is 5. The molecule has 3 heterocycles. The van der Waals surface area contributed by atoms with Crippen LogP contribution in [0.5, 0.6) is 0 Å². The van der Waals surface area contributed by atoms with Crippen molar-refractivity contribution in [3.63, 3.8) is 0 Å². The number of aryl methyl sites for hydroxylation is 1. The van der Waals surface area contributed by atoms with Gasteiger partial charge in [0, 0.05) is 42.0 Å². The minimum Gasteiger partial charge on any atom is -0.303 e. The zero-order chi connectivity index (χ0) is 16.1. The molecule has 1 aliphatic rings. The van der Waals surface area contributed by atoms with Crippen LogP contribution in [0, 0.1) is 6.92 Å². The first-order valence-corrected chi connectivity index (χ1v) is 9.32. The summed E-state index contributed by atoms with van der Waals surface area (Å²) in [6.07, 6.45) is 5.45. The molecule has 0 N–H and O–H groups in total. The van der Waals surface area contributed by atoms with E-state index in [9.17, 15) is 0 Å². The van der Waals surface area contributed by atoms with Crippen LogP contribution < -0.4 is 0 Å². The smallest absolute Gasteiger partial charge is 0.107 e. The third-order valence-electron chi connectivity index (χ3n) is 4.64. The van der Waals surface area contributed by atoms with E-state index in [1.165, 1.54) is 36.6 Å². The Bertz CT molecular complexity index is 590. The summed E-state index contributed by atoms with van der Waals surface area (Å²) in [5, 5.41) is 3.38. The summed E-state index contributed by atoms with van der Waals surface area (Å²) in [4.78, 5) is 14.1. The van der Waals surface area contributed by atoms with Crippen molar-refractivity contribution in [3.05, 3.63) is 46.2 Å². The lowest BCUT2D eigenvalue weighted by molar-refractivity contribution is 0.124. The molecule has 4 nitrogen and oxygen atoms in total. The van der Waals surface area contributed by atoms with Gasteiger partial charge < -0.3 is 4.90 Å². The predicted octanol–water partition coefficient (Wildman–Crippen LogP) is 2.99. The van der Waals surface area contributed by atoms with E-state index >= 15 is 0 Å². The summed E-state index contributed by atoms with van der Waals surface area (Å²) in [5.41, 5.74) is 2.34. The zero-order valence-corrected chi connectivity index (χ0v) is 14.9. The van der Waals surface area contributed by atoms with Gasteiger partial charge in [0.05, 0.1) is 6.54 Å². The third kappa shape index (κ3) is 4.83. The lowest BCUT2D eigenvalue weighted by atomic mass is 10.0. The number of hydrogen-bond donors (Lipinski definition) is 0. The van der Waals surface area contributed by atoms with E-state index in [2.05, 4.69) is 51.3 Å². The highest BCUT2D eigenvalue weighted by Crippen LogP contribution is 2.19. The van der Waals surface area contributed by atoms with E-state index in [0.29, 0.717) is 6.04 Å². The van der Waals surface area contributed by atoms with Crippen molar-refractivity contribution in [2.45, 2.75) is 38.8 Å². The van der Waals surface area contributed by atoms with E-state index in [1.54, 1.807) is 11.3 Å². The number of aromatic nitrogens is 2. The van der Waals surface area contributed by atoms with Crippen LogP contribution in [-0.4, -0.2) is 52.5 Å². The Balaban J connectivity index is 1.41. The van der Waals surface area contributed by atoms with Gasteiger partial charge in [-0.15, -0.1) is 11.3 Å². The van der Waals surface area contributed by atoms with Gasteiger partial charge in [-0.3, -0.25) is 9.88 Å². The molecule has 0 spiro atoms. The molecule has 0 bridgehead atoms. The van der Waals surface area contributed by atoms with Crippen LogP contribution in [0.2, 0.25) is 0 Å². The molecular weight excluding hydrogens is 304 g/mol. The maximum Gasteiger partial charge on any atom is 0.107 e. The van der Waals surface area contributed by atoms with Crippen molar-refractivity contribution < 1.29 is 0 Å². The standard InChI is InChI=1S/C18H26N4S/c1-15-14-23-18(20-15)13-21(2)17-7-11-22(12-8-17)10-6-16-5-3-4-9-19-16/h3-5,9,14,17H,6-8,10-13H2,1-2H3. The molecule has 0 saturated carbocycles. The highest BCUT2D eigenvalue weighted by Gasteiger charge is 2.22. The van der Waals surface area contributed by atoms with Gasteiger partial charge in [-0.25, -0.2) is 4.98 Å². The van der Waals surface area contributed by atoms with Crippen molar-refractivity contribution in [2.24, 2.45) is 0 Å². The molecule has 2 aromatic rings. The van der Waals surface area contributed by atoms with Gasteiger partial charge in [-0.1, -0.05) is 6.07 Å². The van der Waals surface area contributed by atoms with Crippen molar-refractivity contribution in [1.29, 1.82) is 0 Å². The maximum absolute atomic E-state index is 4.58. The molecule has 2 aromatic heterocycles. The van der Waals surface area contributed by atoms with Crippen LogP contribution in [0.25, 0.3) is 0 Å². The van der Waals surface area contributed by atoms with Crippen molar-refractivity contribution in [2.75, 3.05) is 26.7 Å². The fourth-order valence-corrected chi connectivity index (χ4v) is 4.05. The first kappa shape index (κ1) is 16.6. The van der Waals surface area contributed by atoms with Gasteiger partial charge in [0.1, 0.15) is 5.01 Å². The second kappa shape index (κ2) is 7.99. The Morgan fingerprint density at radius 3 is 2.78 bits per heavy atom. The summed E-state index contributed by atoms with van der Waals surface area (Å²) in [6.45, 7) is 6.56. The quantitative estimate of drug-likeness (QED) is 0.815. The molecule has 0 aromatic carbocycles. The largest absolute Gasteiger partial charge is 0.303 e. The molecule has 0 radical (unpaired) electrons. The van der Waals surface area contributed by atoms with Gasteiger partial charge in [-0.2, -0.15) is 0 Å². The van der Waals surface area contributed by atoms with Gasteiger partial charge in [0.15, 0.2) is 0 Å². The summed E-state index contributed by atoms with van der Waals surface area (Å²) < 4.78 is 0. The van der Waals surface area contributed by atoms with Crippen molar-refractivity contribution in [1.82, 2.24) is 19.8 Å². The highest BCUT2D eigenvalue weighted by atomic mass is 32.1. The third-order valence-corrected chi connectivity index (χ3v) is 5.59. The first-order valence-electron chi connectivity index (χ1n) is 8.44. The van der Waals surface area contributed by atoms with Gasteiger partial charge in [0.25, 0.3) is 0 Å². The Hall–Kier alpha value is -1.30. The molecule has 0 amide bonds. The molecule has 5 heteroatoms. The number of thiazole rings is 1. The maximum atomic E-state index is 4.58. The second-order valence-corrected chi connectivity index (χ2v) is 7.38. The average Bonchev–Trinajstić information content (AvgIpc) is 2.99.